The minimum Gasteiger partial charge on any atom is -0.423 e. The summed E-state index contributed by atoms with van der Waals surface area (Å²) in [6.07, 6.45) is 1.91. The van der Waals surface area contributed by atoms with Crippen molar-refractivity contribution in [2.24, 2.45) is 0 Å². The molecule has 0 aromatic heterocycles. The number of hydrogen-bond acceptors (Lipinski definition) is 2. The van der Waals surface area contributed by atoms with E-state index in [1.54, 1.807) is 0 Å². The van der Waals surface area contributed by atoms with E-state index in [0.717, 1.165) is 18.3 Å². The quantitative estimate of drug-likeness (QED) is 0.631. The molecule has 13 heavy (non-hydrogen) atoms. The Morgan fingerprint density at radius 1 is 1.54 bits per heavy atom. The molecular formula is C10H13BO2. The summed E-state index contributed by atoms with van der Waals surface area (Å²) in [6.45, 7) is 2.73. The van der Waals surface area contributed by atoms with Crippen LogP contribution in [0.25, 0.3) is 0 Å². The Labute approximate surface area is 78.7 Å². The Bertz CT molecular complexity index is 312. The molecule has 68 valence electrons. The Morgan fingerprint density at radius 2 is 2.38 bits per heavy atom. The van der Waals surface area contributed by atoms with Crippen LogP contribution in [-0.2, 0) is 17.5 Å². The molecule has 2 nitrogen and oxygen atoms in total. The summed E-state index contributed by atoms with van der Waals surface area (Å²) in [5.74, 6) is 0. The van der Waals surface area contributed by atoms with Crippen molar-refractivity contribution in [1.29, 1.82) is 0 Å². The fourth-order valence-corrected chi connectivity index (χ4v) is 1.69. The smallest absolute Gasteiger partial charge is 0.423 e. The van der Waals surface area contributed by atoms with Crippen LogP contribution in [0.3, 0.4) is 0 Å². The van der Waals surface area contributed by atoms with Gasteiger partial charge in [-0.25, -0.2) is 0 Å². The van der Waals surface area contributed by atoms with Crippen LogP contribution in [0.2, 0.25) is 0 Å². The van der Waals surface area contributed by atoms with Gasteiger partial charge in [0.25, 0.3) is 0 Å². The zero-order valence-electron chi connectivity index (χ0n) is 7.79. The van der Waals surface area contributed by atoms with Gasteiger partial charge in [0.2, 0.25) is 0 Å². The van der Waals surface area contributed by atoms with E-state index in [4.69, 9.17) is 4.65 Å². The maximum absolute atomic E-state index is 9.56. The van der Waals surface area contributed by atoms with E-state index < -0.39 is 7.12 Å². The second kappa shape index (κ2) is 3.52. The van der Waals surface area contributed by atoms with E-state index in [0.29, 0.717) is 6.61 Å². The second-order valence-corrected chi connectivity index (χ2v) is 3.36. The van der Waals surface area contributed by atoms with Crippen LogP contribution >= 0.6 is 0 Å². The van der Waals surface area contributed by atoms with Crippen molar-refractivity contribution >= 4 is 12.6 Å². The molecule has 0 radical (unpaired) electrons. The number of fused-ring (bicyclic) bond motifs is 1. The lowest BCUT2D eigenvalue weighted by atomic mass is 9.73. The van der Waals surface area contributed by atoms with E-state index in [-0.39, 0.29) is 0 Å². The third kappa shape index (κ3) is 1.62. The van der Waals surface area contributed by atoms with Crippen molar-refractivity contribution in [3.63, 3.8) is 0 Å². The summed E-state index contributed by atoms with van der Waals surface area (Å²) >= 11 is 0. The molecule has 0 fully saturated rings. The van der Waals surface area contributed by atoms with Crippen molar-refractivity contribution < 1.29 is 9.68 Å². The third-order valence-corrected chi connectivity index (χ3v) is 2.53. The normalized spacial score (nSPS) is 15.7. The van der Waals surface area contributed by atoms with Gasteiger partial charge < -0.3 is 9.68 Å². The fourth-order valence-electron chi connectivity index (χ4n) is 1.69. The molecule has 1 aromatic carbocycles. The maximum atomic E-state index is 9.56. The highest BCUT2D eigenvalue weighted by Gasteiger charge is 2.24. The largest absolute Gasteiger partial charge is 0.491 e. The van der Waals surface area contributed by atoms with E-state index in [1.165, 1.54) is 11.1 Å². The van der Waals surface area contributed by atoms with Gasteiger partial charge in [-0.05, 0) is 29.4 Å². The predicted octanol–water partition coefficient (Wildman–Crippen LogP) is 0.509. The molecule has 0 amide bonds. The van der Waals surface area contributed by atoms with Crippen LogP contribution in [0.15, 0.2) is 18.2 Å². The highest BCUT2D eigenvalue weighted by atomic mass is 16.5. The van der Waals surface area contributed by atoms with Crippen LogP contribution in [-0.4, -0.2) is 18.7 Å². The van der Waals surface area contributed by atoms with Gasteiger partial charge in [-0.1, -0.05) is 25.1 Å². The minimum atomic E-state index is -0.713. The van der Waals surface area contributed by atoms with E-state index in [2.05, 4.69) is 19.1 Å². The van der Waals surface area contributed by atoms with Crippen molar-refractivity contribution in [3.05, 3.63) is 29.3 Å². The van der Waals surface area contributed by atoms with Crippen molar-refractivity contribution in [3.8, 4) is 0 Å². The van der Waals surface area contributed by atoms with Crippen molar-refractivity contribution in [2.75, 3.05) is 6.61 Å². The Hall–Kier alpha value is -0.795. The molecule has 0 bridgehead atoms. The molecule has 2 rings (SSSR count). The third-order valence-electron chi connectivity index (χ3n) is 2.53. The number of rotatable bonds is 1. The number of hydrogen-bond donors (Lipinski definition) is 1. The molecule has 1 aliphatic rings. The van der Waals surface area contributed by atoms with Crippen LogP contribution in [0, 0.1) is 0 Å². The monoisotopic (exact) mass is 176 g/mol. The molecule has 0 saturated heterocycles. The molecule has 0 unspecified atom stereocenters. The van der Waals surface area contributed by atoms with Gasteiger partial charge in [-0.15, -0.1) is 0 Å². The molecule has 3 heteroatoms. The molecule has 0 aliphatic carbocycles. The van der Waals surface area contributed by atoms with Crippen LogP contribution < -0.4 is 5.46 Å². The van der Waals surface area contributed by atoms with Gasteiger partial charge in [0.15, 0.2) is 0 Å². The van der Waals surface area contributed by atoms with E-state index >= 15 is 0 Å². The van der Waals surface area contributed by atoms with Crippen LogP contribution in [0.5, 0.6) is 0 Å². The first kappa shape index (κ1) is 8.79. The van der Waals surface area contributed by atoms with E-state index in [1.807, 2.05) is 6.07 Å². The summed E-state index contributed by atoms with van der Waals surface area (Å²) in [4.78, 5) is 0. The highest BCUT2D eigenvalue weighted by molar-refractivity contribution is 6.60. The average Bonchev–Trinajstić information content (AvgIpc) is 2.18. The molecule has 1 aromatic rings. The summed E-state index contributed by atoms with van der Waals surface area (Å²) in [7, 11) is -0.713. The highest BCUT2D eigenvalue weighted by Crippen LogP contribution is 2.09. The average molecular weight is 176 g/mol. The predicted molar refractivity (Wildman–Crippen MR) is 53.1 cm³/mol. The molecule has 0 atom stereocenters. The van der Waals surface area contributed by atoms with E-state index in [9.17, 15) is 5.02 Å². The van der Waals surface area contributed by atoms with Crippen LogP contribution in [0.1, 0.15) is 18.1 Å². The lowest BCUT2D eigenvalue weighted by Crippen LogP contribution is -2.41. The summed E-state index contributed by atoms with van der Waals surface area (Å²) in [5, 5.41) is 9.56. The molecular weight excluding hydrogens is 163 g/mol. The zero-order valence-corrected chi connectivity index (χ0v) is 7.79. The van der Waals surface area contributed by atoms with Gasteiger partial charge in [-0.2, -0.15) is 0 Å². The lowest BCUT2D eigenvalue weighted by molar-refractivity contribution is 0.266. The summed E-state index contributed by atoms with van der Waals surface area (Å²) in [6, 6.07) is 6.26. The molecule has 1 aliphatic heterocycles. The van der Waals surface area contributed by atoms with Crippen molar-refractivity contribution in [2.45, 2.75) is 19.8 Å². The molecule has 0 saturated carbocycles. The fraction of sp³-hybridized carbons (Fsp3) is 0.400. The summed E-state index contributed by atoms with van der Waals surface area (Å²) < 4.78 is 5.16. The topological polar surface area (TPSA) is 29.5 Å². The lowest BCUT2D eigenvalue weighted by Gasteiger charge is -2.19. The second-order valence-electron chi connectivity index (χ2n) is 3.36. The molecule has 0 spiro atoms. The van der Waals surface area contributed by atoms with Crippen molar-refractivity contribution in [1.82, 2.24) is 0 Å². The first-order chi connectivity index (χ1) is 6.31. The molecule has 1 heterocycles. The standard InChI is InChI=1S/C10H13BO2/c1-2-8-3-4-9-5-6-13-11(12)10(9)7-8/h3-4,7,12H,2,5-6H2,1H3. The molecule has 1 N–H and O–H groups in total. The van der Waals surface area contributed by atoms with Crippen LogP contribution in [0.4, 0.5) is 0 Å². The first-order valence-corrected chi connectivity index (χ1v) is 4.72. The van der Waals surface area contributed by atoms with Gasteiger partial charge in [0.05, 0.1) is 0 Å². The number of aryl methyl sites for hydroxylation is 1. The van der Waals surface area contributed by atoms with Gasteiger partial charge in [0, 0.05) is 6.61 Å². The maximum Gasteiger partial charge on any atom is 0.491 e. The first-order valence-electron chi connectivity index (χ1n) is 4.72. The van der Waals surface area contributed by atoms with Gasteiger partial charge in [0.1, 0.15) is 0 Å². The van der Waals surface area contributed by atoms with Gasteiger partial charge in [-0.3, -0.25) is 0 Å². The number of benzene rings is 1. The van der Waals surface area contributed by atoms with Gasteiger partial charge >= 0.3 is 7.12 Å². The Balaban J connectivity index is 2.41. The zero-order chi connectivity index (χ0) is 9.26. The Morgan fingerprint density at radius 3 is 3.15 bits per heavy atom. The Kier molecular flexibility index (Phi) is 2.38. The summed E-state index contributed by atoms with van der Waals surface area (Å²) in [5.41, 5.74) is 3.42. The SMILES string of the molecule is CCc1ccc2c(c1)B(O)OCC2. The minimum absolute atomic E-state index is 0.625.